The number of hydrogen-bond donors (Lipinski definition) is 1. The zero-order chi connectivity index (χ0) is 13.0. The van der Waals surface area contributed by atoms with Gasteiger partial charge in [0, 0.05) is 17.6 Å². The second-order valence-electron chi connectivity index (χ2n) is 4.97. The van der Waals surface area contributed by atoms with E-state index < -0.39 is 0 Å². The predicted octanol–water partition coefficient (Wildman–Crippen LogP) is 3.00. The fraction of sp³-hybridized carbons (Fsp3) is 0.500. The maximum atomic E-state index is 6.04. The Bertz CT molecular complexity index is 423. The van der Waals surface area contributed by atoms with E-state index in [0.717, 1.165) is 23.5 Å². The van der Waals surface area contributed by atoms with Crippen LogP contribution in [0.3, 0.4) is 0 Å². The van der Waals surface area contributed by atoms with Crippen LogP contribution in [0.15, 0.2) is 33.7 Å². The van der Waals surface area contributed by atoms with Gasteiger partial charge in [-0.05, 0) is 36.5 Å². The second-order valence-corrected chi connectivity index (χ2v) is 5.89. The molecule has 1 aromatic carbocycles. The molecule has 0 aromatic heterocycles. The smallest absolute Gasteiger partial charge is 0.191 e. The van der Waals surface area contributed by atoms with E-state index in [1.807, 2.05) is 12.1 Å². The van der Waals surface area contributed by atoms with Crippen LogP contribution >= 0.6 is 15.9 Å². The summed E-state index contributed by atoms with van der Waals surface area (Å²) >= 11 is 3.46. The molecule has 4 heteroatoms. The quantitative estimate of drug-likeness (QED) is 0.674. The Balaban J connectivity index is 1.92. The Morgan fingerprint density at radius 3 is 2.83 bits per heavy atom. The third-order valence-corrected chi connectivity index (χ3v) is 3.91. The molecule has 0 atom stereocenters. The van der Waals surface area contributed by atoms with E-state index in [2.05, 4.69) is 44.9 Å². The first-order valence-corrected chi connectivity index (χ1v) is 7.24. The van der Waals surface area contributed by atoms with E-state index in [1.165, 1.54) is 18.4 Å². The van der Waals surface area contributed by atoms with Gasteiger partial charge in [0.25, 0.3) is 0 Å². The van der Waals surface area contributed by atoms with E-state index in [-0.39, 0.29) is 0 Å². The van der Waals surface area contributed by atoms with Gasteiger partial charge >= 0.3 is 0 Å². The highest BCUT2D eigenvalue weighted by Crippen LogP contribution is 2.16. The largest absolute Gasteiger partial charge is 0.370 e. The summed E-state index contributed by atoms with van der Waals surface area (Å²) in [6.45, 7) is 5.02. The molecule has 1 aromatic rings. The number of hydrogen-bond acceptors (Lipinski definition) is 1. The van der Waals surface area contributed by atoms with Crippen LogP contribution < -0.4 is 5.73 Å². The van der Waals surface area contributed by atoms with Gasteiger partial charge in [-0.25, -0.2) is 4.99 Å². The highest BCUT2D eigenvalue weighted by atomic mass is 79.9. The molecule has 1 aliphatic rings. The highest BCUT2D eigenvalue weighted by molar-refractivity contribution is 9.10. The minimum atomic E-state index is 0.650. The summed E-state index contributed by atoms with van der Waals surface area (Å²) in [6.07, 6.45) is 2.43. The van der Waals surface area contributed by atoms with Crippen LogP contribution in [0.4, 0.5) is 0 Å². The lowest BCUT2D eigenvalue weighted by Crippen LogP contribution is -2.42. The summed E-state index contributed by atoms with van der Waals surface area (Å²) in [5, 5.41) is 0. The van der Waals surface area contributed by atoms with Crippen molar-refractivity contribution in [3.05, 3.63) is 34.3 Å². The maximum Gasteiger partial charge on any atom is 0.191 e. The number of nitrogens with zero attached hydrogens (tertiary/aromatic N) is 2. The van der Waals surface area contributed by atoms with Crippen LogP contribution in [0.2, 0.25) is 0 Å². The van der Waals surface area contributed by atoms with Gasteiger partial charge in [0.15, 0.2) is 5.96 Å². The van der Waals surface area contributed by atoms with Crippen LogP contribution in [-0.2, 0) is 6.54 Å². The number of piperidine rings is 1. The van der Waals surface area contributed by atoms with E-state index in [1.54, 1.807) is 0 Å². The Labute approximate surface area is 117 Å². The van der Waals surface area contributed by atoms with E-state index >= 15 is 0 Å². The van der Waals surface area contributed by atoms with Gasteiger partial charge in [0.2, 0.25) is 0 Å². The molecule has 1 heterocycles. The Morgan fingerprint density at radius 2 is 2.17 bits per heavy atom. The minimum absolute atomic E-state index is 0.650. The van der Waals surface area contributed by atoms with Crippen molar-refractivity contribution in [2.24, 2.45) is 16.6 Å². The Kier molecular flexibility index (Phi) is 4.64. The Morgan fingerprint density at radius 1 is 1.44 bits per heavy atom. The molecule has 98 valence electrons. The molecule has 0 unspecified atom stereocenters. The van der Waals surface area contributed by atoms with Crippen molar-refractivity contribution in [2.45, 2.75) is 26.3 Å². The topological polar surface area (TPSA) is 41.6 Å². The summed E-state index contributed by atoms with van der Waals surface area (Å²) in [5.74, 6) is 1.50. The van der Waals surface area contributed by atoms with Crippen molar-refractivity contribution in [1.29, 1.82) is 0 Å². The average Bonchev–Trinajstić information content (AvgIpc) is 2.37. The molecule has 0 radical (unpaired) electrons. The van der Waals surface area contributed by atoms with Crippen molar-refractivity contribution < 1.29 is 0 Å². The number of halogens is 1. The lowest BCUT2D eigenvalue weighted by molar-refractivity contribution is 0.277. The average molecular weight is 310 g/mol. The Hall–Kier alpha value is -1.03. The molecule has 1 saturated heterocycles. The van der Waals surface area contributed by atoms with E-state index in [0.29, 0.717) is 12.5 Å². The standard InChI is InChI=1S/C14H20BrN3/c1-11-5-7-18(8-6-11)14(16)17-10-12-3-2-4-13(15)9-12/h2-4,9,11H,5-8,10H2,1H3,(H2,16,17). The van der Waals surface area contributed by atoms with Crippen molar-refractivity contribution in [3.8, 4) is 0 Å². The number of aliphatic imine (C=N–C) groups is 1. The van der Waals surface area contributed by atoms with Gasteiger partial charge in [-0.2, -0.15) is 0 Å². The van der Waals surface area contributed by atoms with Gasteiger partial charge in [0.05, 0.1) is 6.54 Å². The molecule has 1 aliphatic heterocycles. The molecule has 0 spiro atoms. The summed E-state index contributed by atoms with van der Waals surface area (Å²) in [5.41, 5.74) is 7.22. The zero-order valence-corrected chi connectivity index (χ0v) is 12.4. The molecule has 2 rings (SSSR count). The molecular weight excluding hydrogens is 290 g/mol. The summed E-state index contributed by atoms with van der Waals surface area (Å²) in [6, 6.07) is 8.19. The minimum Gasteiger partial charge on any atom is -0.370 e. The molecule has 1 fully saturated rings. The summed E-state index contributed by atoms with van der Waals surface area (Å²) in [7, 11) is 0. The number of nitrogens with two attached hydrogens (primary N) is 1. The van der Waals surface area contributed by atoms with Crippen molar-refractivity contribution in [2.75, 3.05) is 13.1 Å². The monoisotopic (exact) mass is 309 g/mol. The molecular formula is C14H20BrN3. The normalized spacial score (nSPS) is 18.1. The first kappa shape index (κ1) is 13.4. The number of benzene rings is 1. The van der Waals surface area contributed by atoms with E-state index in [9.17, 15) is 0 Å². The lowest BCUT2D eigenvalue weighted by Gasteiger charge is -2.31. The first-order chi connectivity index (χ1) is 8.65. The van der Waals surface area contributed by atoms with Crippen LogP contribution in [0, 0.1) is 5.92 Å². The van der Waals surface area contributed by atoms with Gasteiger partial charge in [0.1, 0.15) is 0 Å². The fourth-order valence-electron chi connectivity index (χ4n) is 2.15. The van der Waals surface area contributed by atoms with Gasteiger partial charge in [-0.15, -0.1) is 0 Å². The van der Waals surface area contributed by atoms with Gasteiger partial charge < -0.3 is 10.6 Å². The predicted molar refractivity (Wildman–Crippen MR) is 79.4 cm³/mol. The third kappa shape index (κ3) is 3.73. The lowest BCUT2D eigenvalue weighted by atomic mass is 10.00. The molecule has 0 bridgehead atoms. The highest BCUT2D eigenvalue weighted by Gasteiger charge is 2.16. The number of likely N-dealkylation sites (tertiary alicyclic amines) is 1. The number of guanidine groups is 1. The fourth-order valence-corrected chi connectivity index (χ4v) is 2.59. The maximum absolute atomic E-state index is 6.04. The van der Waals surface area contributed by atoms with Crippen molar-refractivity contribution in [1.82, 2.24) is 4.90 Å². The van der Waals surface area contributed by atoms with Crippen molar-refractivity contribution >= 4 is 21.9 Å². The van der Waals surface area contributed by atoms with Crippen LogP contribution in [0.5, 0.6) is 0 Å². The van der Waals surface area contributed by atoms with Crippen LogP contribution in [-0.4, -0.2) is 23.9 Å². The summed E-state index contributed by atoms with van der Waals surface area (Å²) < 4.78 is 1.08. The molecule has 0 saturated carbocycles. The van der Waals surface area contributed by atoms with Gasteiger partial charge in [-0.1, -0.05) is 35.0 Å². The number of rotatable bonds is 2. The molecule has 18 heavy (non-hydrogen) atoms. The van der Waals surface area contributed by atoms with Gasteiger partial charge in [-0.3, -0.25) is 0 Å². The third-order valence-electron chi connectivity index (χ3n) is 3.42. The first-order valence-electron chi connectivity index (χ1n) is 6.44. The molecule has 0 aliphatic carbocycles. The van der Waals surface area contributed by atoms with Crippen LogP contribution in [0.1, 0.15) is 25.3 Å². The second kappa shape index (κ2) is 6.23. The van der Waals surface area contributed by atoms with Crippen LogP contribution in [0.25, 0.3) is 0 Å². The van der Waals surface area contributed by atoms with E-state index in [4.69, 9.17) is 5.73 Å². The molecule has 2 N–H and O–H groups in total. The SMILES string of the molecule is CC1CCN(C(N)=NCc2cccc(Br)c2)CC1. The molecule has 0 amide bonds. The molecule has 3 nitrogen and oxygen atoms in total. The summed E-state index contributed by atoms with van der Waals surface area (Å²) in [4.78, 5) is 6.68. The zero-order valence-electron chi connectivity index (χ0n) is 10.8. The van der Waals surface area contributed by atoms with Crippen molar-refractivity contribution in [3.63, 3.8) is 0 Å².